The Kier molecular flexibility index (Phi) is 4.61. The van der Waals surface area contributed by atoms with Crippen LogP contribution in [0, 0.1) is 5.92 Å². The summed E-state index contributed by atoms with van der Waals surface area (Å²) in [6.45, 7) is 2.01. The maximum absolute atomic E-state index is 12.7. The largest absolute Gasteiger partial charge is 0.489 e. The van der Waals surface area contributed by atoms with Gasteiger partial charge in [0.25, 0.3) is 5.91 Å². The average Bonchev–Trinajstić information content (AvgIpc) is 2.80. The highest BCUT2D eigenvalue weighted by Gasteiger charge is 2.28. The Morgan fingerprint density at radius 3 is 2.78 bits per heavy atom. The van der Waals surface area contributed by atoms with E-state index in [-0.39, 0.29) is 17.7 Å². The number of nitrogens with two attached hydrogens (primary N) is 1. The van der Waals surface area contributed by atoms with Gasteiger partial charge in [-0.15, -0.1) is 0 Å². The molecule has 1 saturated heterocycles. The molecule has 1 aromatic carbocycles. The molecule has 23 heavy (non-hydrogen) atoms. The zero-order chi connectivity index (χ0) is 16.4. The van der Waals surface area contributed by atoms with Gasteiger partial charge >= 0.3 is 0 Å². The van der Waals surface area contributed by atoms with Crippen LogP contribution in [-0.4, -0.2) is 43.0 Å². The zero-order valence-electron chi connectivity index (χ0n) is 12.7. The molecule has 7 heteroatoms. The summed E-state index contributed by atoms with van der Waals surface area (Å²) in [5.41, 5.74) is 5.80. The normalized spacial score (nSPS) is 20.7. The van der Waals surface area contributed by atoms with Crippen molar-refractivity contribution in [3.05, 3.63) is 22.7 Å². The maximum atomic E-state index is 12.7. The van der Waals surface area contributed by atoms with Gasteiger partial charge in [0, 0.05) is 25.1 Å². The number of amides is 2. The van der Waals surface area contributed by atoms with E-state index in [9.17, 15) is 9.59 Å². The molecule has 0 aromatic heterocycles. The summed E-state index contributed by atoms with van der Waals surface area (Å²) in [4.78, 5) is 25.7. The minimum atomic E-state index is -0.362. The Morgan fingerprint density at radius 2 is 2.00 bits per heavy atom. The molecular weight excluding hydrogens is 320 g/mol. The van der Waals surface area contributed by atoms with Crippen molar-refractivity contribution in [3.63, 3.8) is 0 Å². The fourth-order valence-corrected chi connectivity index (χ4v) is 3.20. The second-order valence-electron chi connectivity index (χ2n) is 5.83. The second kappa shape index (κ2) is 6.66. The SMILES string of the molecule is NC(=O)C1CCCN(C(=O)c2cc(Cl)c3c(c2)OCCCO3)C1. The van der Waals surface area contributed by atoms with Crippen molar-refractivity contribution < 1.29 is 19.1 Å². The number of hydrogen-bond donors (Lipinski definition) is 1. The van der Waals surface area contributed by atoms with Crippen molar-refractivity contribution in [1.82, 2.24) is 4.90 Å². The summed E-state index contributed by atoms with van der Waals surface area (Å²) >= 11 is 6.23. The van der Waals surface area contributed by atoms with E-state index in [1.54, 1.807) is 17.0 Å². The van der Waals surface area contributed by atoms with Gasteiger partial charge in [0.05, 0.1) is 24.2 Å². The number of rotatable bonds is 2. The van der Waals surface area contributed by atoms with Crippen LogP contribution in [0.1, 0.15) is 29.6 Å². The van der Waals surface area contributed by atoms with Crippen LogP contribution in [0.25, 0.3) is 0 Å². The van der Waals surface area contributed by atoms with Crippen molar-refractivity contribution in [2.75, 3.05) is 26.3 Å². The third-order valence-corrected chi connectivity index (χ3v) is 4.44. The Morgan fingerprint density at radius 1 is 1.22 bits per heavy atom. The fourth-order valence-electron chi connectivity index (χ4n) is 2.93. The molecule has 1 fully saturated rings. The number of piperidine rings is 1. The van der Waals surface area contributed by atoms with Gasteiger partial charge in [-0.2, -0.15) is 0 Å². The third-order valence-electron chi connectivity index (χ3n) is 4.16. The number of primary amides is 1. The Hall–Kier alpha value is -1.95. The molecule has 1 aromatic rings. The van der Waals surface area contributed by atoms with Crippen LogP contribution in [0.2, 0.25) is 5.02 Å². The van der Waals surface area contributed by atoms with Crippen LogP contribution < -0.4 is 15.2 Å². The fraction of sp³-hybridized carbons (Fsp3) is 0.500. The zero-order valence-corrected chi connectivity index (χ0v) is 13.5. The van der Waals surface area contributed by atoms with Crippen molar-refractivity contribution in [2.45, 2.75) is 19.3 Å². The smallest absolute Gasteiger partial charge is 0.254 e. The van der Waals surface area contributed by atoms with Crippen molar-refractivity contribution >= 4 is 23.4 Å². The summed E-state index contributed by atoms with van der Waals surface area (Å²) in [6, 6.07) is 3.24. The first-order valence-electron chi connectivity index (χ1n) is 7.74. The lowest BCUT2D eigenvalue weighted by molar-refractivity contribution is -0.123. The molecule has 2 amide bonds. The number of benzene rings is 1. The molecule has 3 rings (SSSR count). The van der Waals surface area contributed by atoms with E-state index in [1.165, 1.54) is 0 Å². The molecule has 2 N–H and O–H groups in total. The highest BCUT2D eigenvalue weighted by molar-refractivity contribution is 6.32. The van der Waals surface area contributed by atoms with Crippen molar-refractivity contribution in [1.29, 1.82) is 0 Å². The molecule has 0 aliphatic carbocycles. The summed E-state index contributed by atoms with van der Waals surface area (Å²) in [7, 11) is 0. The number of fused-ring (bicyclic) bond motifs is 1. The summed E-state index contributed by atoms with van der Waals surface area (Å²) < 4.78 is 11.2. The van der Waals surface area contributed by atoms with E-state index in [0.717, 1.165) is 19.3 Å². The van der Waals surface area contributed by atoms with Crippen LogP contribution in [0.5, 0.6) is 11.5 Å². The molecule has 0 radical (unpaired) electrons. The number of ether oxygens (including phenoxy) is 2. The summed E-state index contributed by atoms with van der Waals surface area (Å²) in [5, 5.41) is 0.358. The van der Waals surface area contributed by atoms with E-state index >= 15 is 0 Å². The van der Waals surface area contributed by atoms with Gasteiger partial charge in [0.2, 0.25) is 5.91 Å². The molecule has 6 nitrogen and oxygen atoms in total. The van der Waals surface area contributed by atoms with E-state index in [2.05, 4.69) is 0 Å². The molecule has 0 bridgehead atoms. The molecule has 0 spiro atoms. The number of halogens is 1. The Balaban J connectivity index is 1.83. The van der Waals surface area contributed by atoms with E-state index in [0.29, 0.717) is 48.4 Å². The lowest BCUT2D eigenvalue weighted by Crippen LogP contribution is -2.44. The maximum Gasteiger partial charge on any atom is 0.254 e. The average molecular weight is 339 g/mol. The van der Waals surface area contributed by atoms with Gasteiger partial charge in [-0.25, -0.2) is 0 Å². The lowest BCUT2D eigenvalue weighted by atomic mass is 9.97. The molecule has 2 heterocycles. The van der Waals surface area contributed by atoms with Gasteiger partial charge in [-0.1, -0.05) is 11.6 Å². The monoisotopic (exact) mass is 338 g/mol. The number of hydrogen-bond acceptors (Lipinski definition) is 4. The standard InChI is InChI=1S/C16H19ClN2O4/c17-12-7-11(8-13-14(12)23-6-2-5-22-13)16(21)19-4-1-3-10(9-19)15(18)20/h7-8,10H,1-6,9H2,(H2,18,20). The van der Waals surface area contributed by atoms with E-state index < -0.39 is 0 Å². The Bertz CT molecular complexity index is 635. The first-order valence-corrected chi connectivity index (χ1v) is 8.12. The lowest BCUT2D eigenvalue weighted by Gasteiger charge is -2.31. The Labute approximate surface area is 139 Å². The topological polar surface area (TPSA) is 81.9 Å². The van der Waals surface area contributed by atoms with Gasteiger partial charge in [-0.05, 0) is 25.0 Å². The first-order chi connectivity index (χ1) is 11.1. The first kappa shape index (κ1) is 15.9. The molecule has 124 valence electrons. The summed E-state index contributed by atoms with van der Waals surface area (Å²) in [5.74, 6) is 0.146. The quantitative estimate of drug-likeness (QED) is 0.892. The second-order valence-corrected chi connectivity index (χ2v) is 6.24. The number of carbonyl (C=O) groups excluding carboxylic acids is 2. The molecule has 2 aliphatic rings. The van der Waals surface area contributed by atoms with E-state index in [4.69, 9.17) is 26.8 Å². The summed E-state index contributed by atoms with van der Waals surface area (Å²) in [6.07, 6.45) is 2.25. The predicted molar refractivity (Wildman–Crippen MR) is 84.9 cm³/mol. The molecule has 1 atom stereocenters. The number of nitrogens with zero attached hydrogens (tertiary/aromatic N) is 1. The minimum absolute atomic E-state index is 0.173. The van der Waals surface area contributed by atoms with Crippen LogP contribution in [0.15, 0.2) is 12.1 Å². The highest BCUT2D eigenvalue weighted by Crippen LogP contribution is 2.38. The van der Waals surface area contributed by atoms with Crippen LogP contribution in [0.3, 0.4) is 0 Å². The van der Waals surface area contributed by atoms with Crippen molar-refractivity contribution in [2.24, 2.45) is 11.7 Å². The predicted octanol–water partition coefficient (Wildman–Crippen LogP) is 1.84. The molecule has 2 aliphatic heterocycles. The van der Waals surface area contributed by atoms with Gasteiger partial charge in [0.15, 0.2) is 11.5 Å². The minimum Gasteiger partial charge on any atom is -0.489 e. The molecular formula is C16H19ClN2O4. The molecule has 1 unspecified atom stereocenters. The van der Waals surface area contributed by atoms with E-state index in [1.807, 2.05) is 0 Å². The number of carbonyl (C=O) groups is 2. The van der Waals surface area contributed by atoms with Crippen LogP contribution in [-0.2, 0) is 4.79 Å². The van der Waals surface area contributed by atoms with Crippen LogP contribution in [0.4, 0.5) is 0 Å². The van der Waals surface area contributed by atoms with Gasteiger partial charge < -0.3 is 20.1 Å². The molecule has 0 saturated carbocycles. The van der Waals surface area contributed by atoms with Crippen LogP contribution >= 0.6 is 11.6 Å². The number of likely N-dealkylation sites (tertiary alicyclic amines) is 1. The van der Waals surface area contributed by atoms with Crippen molar-refractivity contribution in [3.8, 4) is 11.5 Å². The van der Waals surface area contributed by atoms with Gasteiger partial charge in [-0.3, -0.25) is 9.59 Å². The third kappa shape index (κ3) is 3.37. The highest BCUT2D eigenvalue weighted by atomic mass is 35.5. The van der Waals surface area contributed by atoms with Gasteiger partial charge in [0.1, 0.15) is 0 Å².